The van der Waals surface area contributed by atoms with E-state index in [0.717, 1.165) is 22.0 Å². The van der Waals surface area contributed by atoms with Gasteiger partial charge in [-0.2, -0.15) is 11.8 Å². The average Bonchev–Trinajstić information content (AvgIpc) is 2.15. The predicted molar refractivity (Wildman–Crippen MR) is 75.8 cm³/mol. The molecule has 1 aliphatic rings. The number of anilines is 1. The molecule has 0 aromatic heterocycles. The Kier molecular flexibility index (Phi) is 4.16. The minimum atomic E-state index is 0.748. The molecule has 1 atom stereocenters. The highest BCUT2D eigenvalue weighted by Gasteiger charge is 2.16. The van der Waals surface area contributed by atoms with Crippen LogP contribution in [0.15, 0.2) is 22.7 Å². The van der Waals surface area contributed by atoms with Crippen LogP contribution in [0.5, 0.6) is 0 Å². The fraction of sp³-hybridized carbons (Fsp3) is 0.500. The molecule has 1 saturated heterocycles. The third kappa shape index (κ3) is 3.40. The summed E-state index contributed by atoms with van der Waals surface area (Å²) in [5.74, 6) is 1.24. The van der Waals surface area contributed by atoms with Crippen LogP contribution in [0.1, 0.15) is 12.5 Å². The van der Waals surface area contributed by atoms with E-state index >= 15 is 0 Å². The first-order chi connectivity index (χ1) is 7.63. The van der Waals surface area contributed by atoms with Crippen molar-refractivity contribution in [1.29, 1.82) is 0 Å². The summed E-state index contributed by atoms with van der Waals surface area (Å²) in [6, 6.07) is 6.16. The predicted octanol–water partition coefficient (Wildman–Crippen LogP) is 2.97. The van der Waals surface area contributed by atoms with Gasteiger partial charge >= 0.3 is 0 Å². The molecule has 0 bridgehead atoms. The molecule has 1 aromatic carbocycles. The molecular formula is C12H17BrN2S. The van der Waals surface area contributed by atoms with Crippen LogP contribution in [0.2, 0.25) is 0 Å². The zero-order valence-corrected chi connectivity index (χ0v) is 11.9. The van der Waals surface area contributed by atoms with Gasteiger partial charge in [-0.3, -0.25) is 4.90 Å². The van der Waals surface area contributed by atoms with Gasteiger partial charge in [-0.05, 0) is 23.8 Å². The van der Waals surface area contributed by atoms with Gasteiger partial charge in [-0.15, -0.1) is 0 Å². The Hall–Kier alpha value is -0.190. The summed E-state index contributed by atoms with van der Waals surface area (Å²) in [4.78, 5) is 2.50. The van der Waals surface area contributed by atoms with Crippen LogP contribution in [0, 0.1) is 0 Å². The number of hydrogen-bond acceptors (Lipinski definition) is 3. The van der Waals surface area contributed by atoms with Gasteiger partial charge in [0, 0.05) is 40.8 Å². The van der Waals surface area contributed by atoms with Crippen LogP contribution in [0.4, 0.5) is 5.69 Å². The lowest BCUT2D eigenvalue weighted by atomic mass is 10.2. The van der Waals surface area contributed by atoms with Crippen molar-refractivity contribution in [2.75, 3.05) is 24.6 Å². The van der Waals surface area contributed by atoms with Crippen LogP contribution in [-0.4, -0.2) is 29.0 Å². The van der Waals surface area contributed by atoms with Crippen LogP contribution >= 0.6 is 27.7 Å². The summed E-state index contributed by atoms with van der Waals surface area (Å²) < 4.78 is 1.07. The van der Waals surface area contributed by atoms with Crippen molar-refractivity contribution in [2.24, 2.45) is 0 Å². The van der Waals surface area contributed by atoms with E-state index < -0.39 is 0 Å². The number of benzene rings is 1. The van der Waals surface area contributed by atoms with Gasteiger partial charge in [0.1, 0.15) is 0 Å². The van der Waals surface area contributed by atoms with Crippen molar-refractivity contribution >= 4 is 33.4 Å². The largest absolute Gasteiger partial charge is 0.399 e. The maximum atomic E-state index is 5.84. The second-order valence-electron chi connectivity index (χ2n) is 4.31. The highest BCUT2D eigenvalue weighted by Crippen LogP contribution is 2.22. The number of halogens is 1. The third-order valence-electron chi connectivity index (χ3n) is 2.71. The van der Waals surface area contributed by atoms with Crippen molar-refractivity contribution in [1.82, 2.24) is 4.90 Å². The first-order valence-corrected chi connectivity index (χ1v) is 7.36. The van der Waals surface area contributed by atoms with Crippen molar-refractivity contribution in [2.45, 2.75) is 18.7 Å². The molecule has 0 amide bonds. The Morgan fingerprint density at radius 3 is 3.00 bits per heavy atom. The maximum Gasteiger partial charge on any atom is 0.0328 e. The number of hydrogen-bond donors (Lipinski definition) is 1. The summed E-state index contributed by atoms with van der Waals surface area (Å²) in [5.41, 5.74) is 7.97. The zero-order valence-electron chi connectivity index (χ0n) is 9.45. The van der Waals surface area contributed by atoms with Crippen molar-refractivity contribution < 1.29 is 0 Å². The van der Waals surface area contributed by atoms with E-state index in [1.54, 1.807) is 0 Å². The molecule has 2 nitrogen and oxygen atoms in total. The summed E-state index contributed by atoms with van der Waals surface area (Å²) in [5, 5.41) is 0.748. The number of thioether (sulfide) groups is 1. The monoisotopic (exact) mass is 300 g/mol. The van der Waals surface area contributed by atoms with Crippen LogP contribution in [0.25, 0.3) is 0 Å². The van der Waals surface area contributed by atoms with E-state index in [9.17, 15) is 0 Å². The third-order valence-corrected chi connectivity index (χ3v) is 4.31. The van der Waals surface area contributed by atoms with Crippen LogP contribution < -0.4 is 5.73 Å². The molecule has 1 fully saturated rings. The Morgan fingerprint density at radius 1 is 1.50 bits per heavy atom. The number of rotatable bonds is 2. The van der Waals surface area contributed by atoms with Gasteiger partial charge in [-0.1, -0.05) is 22.9 Å². The number of nitrogen functional groups attached to an aromatic ring is 1. The number of nitrogens with zero attached hydrogens (tertiary/aromatic N) is 1. The molecule has 16 heavy (non-hydrogen) atoms. The molecule has 2 N–H and O–H groups in total. The second-order valence-corrected chi connectivity index (χ2v) is 6.77. The Morgan fingerprint density at radius 2 is 2.31 bits per heavy atom. The lowest BCUT2D eigenvalue weighted by Crippen LogP contribution is -2.36. The summed E-state index contributed by atoms with van der Waals surface area (Å²) in [7, 11) is 0. The minimum absolute atomic E-state index is 0.748. The Balaban J connectivity index is 2.02. The fourth-order valence-corrected chi connectivity index (χ4v) is 3.70. The molecule has 1 aliphatic heterocycles. The lowest BCUT2D eigenvalue weighted by Gasteiger charge is -2.30. The summed E-state index contributed by atoms with van der Waals surface area (Å²) in [6.07, 6.45) is 0. The maximum absolute atomic E-state index is 5.84. The fourth-order valence-electron chi connectivity index (χ4n) is 2.06. The van der Waals surface area contributed by atoms with Gasteiger partial charge < -0.3 is 5.73 Å². The topological polar surface area (TPSA) is 29.3 Å². The highest BCUT2D eigenvalue weighted by atomic mass is 79.9. The van der Waals surface area contributed by atoms with Gasteiger partial charge in [0.15, 0.2) is 0 Å². The van der Waals surface area contributed by atoms with Gasteiger partial charge in [0.2, 0.25) is 0 Å². The van der Waals surface area contributed by atoms with E-state index in [-0.39, 0.29) is 0 Å². The van der Waals surface area contributed by atoms with Crippen LogP contribution in [-0.2, 0) is 6.54 Å². The van der Waals surface area contributed by atoms with E-state index in [1.165, 1.54) is 24.4 Å². The molecule has 1 unspecified atom stereocenters. The highest BCUT2D eigenvalue weighted by molar-refractivity contribution is 9.10. The van der Waals surface area contributed by atoms with E-state index in [1.807, 2.05) is 6.07 Å². The quantitative estimate of drug-likeness (QED) is 0.852. The molecule has 1 heterocycles. The van der Waals surface area contributed by atoms with Gasteiger partial charge in [0.05, 0.1) is 0 Å². The first kappa shape index (κ1) is 12.3. The minimum Gasteiger partial charge on any atom is -0.399 e. The molecule has 0 aliphatic carbocycles. The first-order valence-electron chi connectivity index (χ1n) is 5.52. The molecule has 0 radical (unpaired) electrons. The molecule has 1 aromatic rings. The molecule has 4 heteroatoms. The Bertz CT molecular complexity index is 350. The van der Waals surface area contributed by atoms with Crippen molar-refractivity contribution in [3.63, 3.8) is 0 Å². The van der Waals surface area contributed by atoms with E-state index in [2.05, 4.69) is 51.6 Å². The van der Waals surface area contributed by atoms with Gasteiger partial charge in [-0.25, -0.2) is 0 Å². The Labute approximate surface area is 110 Å². The van der Waals surface area contributed by atoms with E-state index in [0.29, 0.717) is 0 Å². The number of nitrogens with two attached hydrogens (primary N) is 1. The smallest absolute Gasteiger partial charge is 0.0328 e. The van der Waals surface area contributed by atoms with Crippen molar-refractivity contribution in [3.05, 3.63) is 28.2 Å². The summed E-state index contributed by atoms with van der Waals surface area (Å²) >= 11 is 5.55. The normalized spacial score (nSPS) is 22.2. The standard InChI is InChI=1S/C12H17BrN2S/c1-9-7-15(2-3-16-9)8-10-4-11(13)6-12(14)5-10/h4-6,9H,2-3,7-8,14H2,1H3. The zero-order chi connectivity index (χ0) is 11.5. The molecular weight excluding hydrogens is 284 g/mol. The average molecular weight is 301 g/mol. The van der Waals surface area contributed by atoms with E-state index in [4.69, 9.17) is 5.73 Å². The SMILES string of the molecule is CC1CN(Cc2cc(N)cc(Br)c2)CCS1. The molecule has 0 saturated carbocycles. The van der Waals surface area contributed by atoms with Crippen LogP contribution in [0.3, 0.4) is 0 Å². The molecule has 88 valence electrons. The molecule has 0 spiro atoms. The van der Waals surface area contributed by atoms with Crippen molar-refractivity contribution in [3.8, 4) is 0 Å². The summed E-state index contributed by atoms with van der Waals surface area (Å²) in [6.45, 7) is 5.67. The molecule has 2 rings (SSSR count). The lowest BCUT2D eigenvalue weighted by molar-refractivity contribution is 0.278. The van der Waals surface area contributed by atoms with Gasteiger partial charge in [0.25, 0.3) is 0 Å². The second kappa shape index (κ2) is 5.43.